The molecule has 5 rings (SSSR count). The number of rotatable bonds is 3. The summed E-state index contributed by atoms with van der Waals surface area (Å²) < 4.78 is 5.21. The number of nitrogens with one attached hydrogen (secondary N) is 1. The Morgan fingerprint density at radius 1 is 1.00 bits per heavy atom. The Bertz CT molecular complexity index is 1120. The van der Waals surface area contributed by atoms with Gasteiger partial charge in [-0.05, 0) is 52.3 Å². The summed E-state index contributed by atoms with van der Waals surface area (Å²) in [6.45, 7) is 0.371. The minimum atomic E-state index is -0.961. The first-order valence-corrected chi connectivity index (χ1v) is 9.31. The van der Waals surface area contributed by atoms with E-state index in [1.165, 1.54) is 16.7 Å². The summed E-state index contributed by atoms with van der Waals surface area (Å²) in [7, 11) is -0.961. The fraction of sp³-hybridized carbons (Fsp3) is 0.0870. The summed E-state index contributed by atoms with van der Waals surface area (Å²) >= 11 is 0. The Morgan fingerprint density at radius 3 is 2.71 bits per heavy atom. The van der Waals surface area contributed by atoms with Gasteiger partial charge in [-0.2, -0.15) is 0 Å². The first-order chi connectivity index (χ1) is 13.7. The van der Waals surface area contributed by atoms with Crippen LogP contribution in [0.4, 0.5) is 5.69 Å². The molecule has 0 bridgehead atoms. The third kappa shape index (κ3) is 2.95. The van der Waals surface area contributed by atoms with E-state index in [9.17, 15) is 9.82 Å². The number of carbonyl (C=O) groups is 1. The lowest BCUT2D eigenvalue weighted by Crippen LogP contribution is -2.29. The van der Waals surface area contributed by atoms with Gasteiger partial charge in [0.05, 0.1) is 6.61 Å². The fourth-order valence-corrected chi connectivity index (χ4v) is 3.88. The van der Waals surface area contributed by atoms with E-state index in [-0.39, 0.29) is 5.91 Å². The Hall–Kier alpha value is -3.15. The third-order valence-corrected chi connectivity index (χ3v) is 5.36. The fourth-order valence-electron chi connectivity index (χ4n) is 3.88. The number of fused-ring (bicyclic) bond motifs is 2. The van der Waals surface area contributed by atoms with Crippen molar-refractivity contribution in [2.24, 2.45) is 0 Å². The van der Waals surface area contributed by atoms with Crippen LogP contribution in [-0.2, 0) is 17.7 Å². The maximum Gasteiger partial charge on any atom is 0.491 e. The molecule has 0 unspecified atom stereocenters. The van der Waals surface area contributed by atoms with E-state index in [0.29, 0.717) is 17.6 Å². The molecule has 0 saturated heterocycles. The third-order valence-electron chi connectivity index (χ3n) is 5.36. The largest absolute Gasteiger partial charge is 0.491 e. The zero-order valence-corrected chi connectivity index (χ0v) is 15.2. The molecule has 1 amide bonds. The maximum absolute atomic E-state index is 12.9. The number of allylic oxidation sites excluding steroid dienone is 1. The van der Waals surface area contributed by atoms with Crippen LogP contribution in [0.5, 0.6) is 0 Å². The van der Waals surface area contributed by atoms with Gasteiger partial charge in [-0.15, -0.1) is 0 Å². The molecule has 28 heavy (non-hydrogen) atoms. The van der Waals surface area contributed by atoms with Crippen LogP contribution in [0.2, 0.25) is 0 Å². The zero-order valence-electron chi connectivity index (χ0n) is 15.2. The van der Waals surface area contributed by atoms with Gasteiger partial charge in [0, 0.05) is 16.8 Å². The van der Waals surface area contributed by atoms with Gasteiger partial charge >= 0.3 is 7.12 Å². The second-order valence-electron chi connectivity index (χ2n) is 7.12. The first-order valence-electron chi connectivity index (χ1n) is 9.31. The summed E-state index contributed by atoms with van der Waals surface area (Å²) in [6.07, 6.45) is 3.04. The van der Waals surface area contributed by atoms with Crippen molar-refractivity contribution >= 4 is 35.8 Å². The molecule has 0 radical (unpaired) electrons. The number of anilines is 1. The minimum absolute atomic E-state index is 0.203. The maximum atomic E-state index is 12.9. The molecule has 0 atom stereocenters. The molecule has 1 aliphatic carbocycles. The molecule has 5 heteroatoms. The zero-order chi connectivity index (χ0) is 19.1. The smallest absolute Gasteiger partial charge is 0.423 e. The van der Waals surface area contributed by atoms with Crippen molar-refractivity contribution in [1.29, 1.82) is 0 Å². The van der Waals surface area contributed by atoms with E-state index in [4.69, 9.17) is 4.65 Å². The number of amides is 1. The molecule has 3 aromatic rings. The lowest BCUT2D eigenvalue weighted by Gasteiger charge is -2.12. The highest BCUT2D eigenvalue weighted by Crippen LogP contribution is 2.35. The quantitative estimate of drug-likeness (QED) is 0.699. The molecule has 0 saturated carbocycles. The highest BCUT2D eigenvalue weighted by molar-refractivity contribution is 6.61. The molecule has 1 heterocycles. The average Bonchev–Trinajstić information content (AvgIpc) is 3.32. The van der Waals surface area contributed by atoms with Crippen LogP contribution in [0.15, 0.2) is 66.7 Å². The second-order valence-corrected chi connectivity index (χ2v) is 7.12. The van der Waals surface area contributed by atoms with E-state index in [1.54, 1.807) is 12.1 Å². The van der Waals surface area contributed by atoms with Gasteiger partial charge in [-0.3, -0.25) is 4.79 Å². The van der Waals surface area contributed by atoms with Crippen molar-refractivity contribution < 1.29 is 14.5 Å². The van der Waals surface area contributed by atoms with Gasteiger partial charge < -0.3 is 15.0 Å². The Kier molecular flexibility index (Phi) is 4.12. The molecule has 2 aliphatic rings. The molecule has 3 aromatic carbocycles. The predicted octanol–water partition coefficient (Wildman–Crippen LogP) is 3.25. The van der Waals surface area contributed by atoms with Gasteiger partial charge in [0.15, 0.2) is 0 Å². The molecule has 0 aromatic heterocycles. The van der Waals surface area contributed by atoms with Crippen LogP contribution in [0.25, 0.3) is 11.6 Å². The van der Waals surface area contributed by atoms with Gasteiger partial charge in [0.2, 0.25) is 0 Å². The lowest BCUT2D eigenvalue weighted by atomic mass is 9.79. The lowest BCUT2D eigenvalue weighted by molar-refractivity contribution is 0.102. The summed E-state index contributed by atoms with van der Waals surface area (Å²) in [5, 5.41) is 12.9. The van der Waals surface area contributed by atoms with Crippen LogP contribution >= 0.6 is 0 Å². The van der Waals surface area contributed by atoms with Crippen LogP contribution < -0.4 is 10.8 Å². The van der Waals surface area contributed by atoms with Crippen LogP contribution in [0, 0.1) is 0 Å². The van der Waals surface area contributed by atoms with E-state index < -0.39 is 7.12 Å². The van der Waals surface area contributed by atoms with Crippen molar-refractivity contribution in [2.75, 3.05) is 5.32 Å². The van der Waals surface area contributed by atoms with Gasteiger partial charge in [-0.25, -0.2) is 0 Å². The Balaban J connectivity index is 1.43. The minimum Gasteiger partial charge on any atom is -0.423 e. The van der Waals surface area contributed by atoms with Crippen molar-refractivity contribution in [1.82, 2.24) is 0 Å². The second kappa shape index (κ2) is 6.78. The monoisotopic (exact) mass is 367 g/mol. The van der Waals surface area contributed by atoms with Crippen molar-refractivity contribution in [3.05, 3.63) is 94.5 Å². The molecule has 4 nitrogen and oxygen atoms in total. The molecule has 0 spiro atoms. The number of benzene rings is 3. The number of para-hydroxylation sites is 1. The Labute approximate surface area is 163 Å². The van der Waals surface area contributed by atoms with Crippen LogP contribution in [0.3, 0.4) is 0 Å². The number of hydrogen-bond donors (Lipinski definition) is 2. The topological polar surface area (TPSA) is 58.6 Å². The summed E-state index contributed by atoms with van der Waals surface area (Å²) in [4.78, 5) is 12.9. The van der Waals surface area contributed by atoms with E-state index in [2.05, 4.69) is 29.6 Å². The van der Waals surface area contributed by atoms with Crippen molar-refractivity contribution in [2.45, 2.75) is 13.0 Å². The van der Waals surface area contributed by atoms with E-state index in [0.717, 1.165) is 23.2 Å². The standard InChI is InChI=1S/C23H18BNO3/c26-23(17-9-10-18-14-28-24(27)21(18)13-17)25-22-8-4-3-7-20(22)19-11-15-5-1-2-6-16(15)12-19/h1-11,13,27H,12,14H2,(H,25,26). The van der Waals surface area contributed by atoms with Gasteiger partial charge in [0.1, 0.15) is 0 Å². The number of hydrogen-bond acceptors (Lipinski definition) is 3. The SMILES string of the molecule is O=C(Nc1ccccc1C1=Cc2ccccc2C1)c1ccc2c(c1)B(O)OC2. The van der Waals surface area contributed by atoms with Gasteiger partial charge in [0.25, 0.3) is 5.91 Å². The highest BCUT2D eigenvalue weighted by Gasteiger charge is 2.28. The van der Waals surface area contributed by atoms with E-state index >= 15 is 0 Å². The van der Waals surface area contributed by atoms with Crippen LogP contribution in [0.1, 0.15) is 32.6 Å². The van der Waals surface area contributed by atoms with E-state index in [1.807, 2.05) is 36.4 Å². The van der Waals surface area contributed by atoms with Crippen LogP contribution in [-0.4, -0.2) is 18.0 Å². The normalized spacial score (nSPS) is 14.5. The van der Waals surface area contributed by atoms with Crippen molar-refractivity contribution in [3.8, 4) is 0 Å². The highest BCUT2D eigenvalue weighted by atomic mass is 16.5. The molecular formula is C23H18BNO3. The average molecular weight is 367 g/mol. The number of carbonyl (C=O) groups excluding carboxylic acids is 1. The Morgan fingerprint density at radius 2 is 1.82 bits per heavy atom. The summed E-state index contributed by atoms with van der Waals surface area (Å²) in [5.74, 6) is -0.203. The molecule has 2 N–H and O–H groups in total. The summed E-state index contributed by atoms with van der Waals surface area (Å²) in [5.41, 5.74) is 7.60. The predicted molar refractivity (Wildman–Crippen MR) is 111 cm³/mol. The first kappa shape index (κ1) is 17.0. The molecular weight excluding hydrogens is 349 g/mol. The molecule has 0 fully saturated rings. The molecule has 1 aliphatic heterocycles. The van der Waals surface area contributed by atoms with Gasteiger partial charge in [-0.1, -0.05) is 54.6 Å². The summed E-state index contributed by atoms with van der Waals surface area (Å²) in [6, 6.07) is 21.5. The molecule has 136 valence electrons. The van der Waals surface area contributed by atoms with Crippen molar-refractivity contribution in [3.63, 3.8) is 0 Å².